The van der Waals surface area contributed by atoms with Crippen molar-refractivity contribution in [2.24, 2.45) is 0 Å². The fraction of sp³-hybridized carbons (Fsp3) is 0.600. The molecule has 2 nitrogen and oxygen atoms in total. The van der Waals surface area contributed by atoms with Crippen molar-refractivity contribution in [1.82, 2.24) is 5.32 Å². The number of hydrogen-bond acceptors (Lipinski definition) is 2. The van der Waals surface area contributed by atoms with E-state index < -0.39 is 0 Å². The van der Waals surface area contributed by atoms with Gasteiger partial charge in [0.25, 0.3) is 0 Å². The highest BCUT2D eigenvalue weighted by Gasteiger charge is 2.22. The van der Waals surface area contributed by atoms with Gasteiger partial charge in [0.2, 0.25) is 0 Å². The van der Waals surface area contributed by atoms with Gasteiger partial charge in [-0.2, -0.15) is 0 Å². The van der Waals surface area contributed by atoms with Crippen LogP contribution in [0.3, 0.4) is 0 Å². The van der Waals surface area contributed by atoms with Crippen LogP contribution in [-0.2, 0) is 6.54 Å². The van der Waals surface area contributed by atoms with Gasteiger partial charge in [-0.15, -0.1) is 0 Å². The van der Waals surface area contributed by atoms with E-state index in [0.29, 0.717) is 6.04 Å². The third-order valence-corrected chi connectivity index (χ3v) is 3.73. The molecule has 1 aromatic carbocycles. The van der Waals surface area contributed by atoms with Crippen LogP contribution < -0.4 is 10.2 Å². The molecule has 0 saturated heterocycles. The molecule has 100 valence electrons. The van der Waals surface area contributed by atoms with Gasteiger partial charge in [0, 0.05) is 25.3 Å². The molecule has 0 radical (unpaired) electrons. The van der Waals surface area contributed by atoms with E-state index in [1.54, 1.807) is 12.1 Å². The van der Waals surface area contributed by atoms with Gasteiger partial charge in [-0.1, -0.05) is 6.92 Å². The van der Waals surface area contributed by atoms with Crippen molar-refractivity contribution >= 4 is 5.69 Å². The van der Waals surface area contributed by atoms with Gasteiger partial charge in [0.15, 0.2) is 0 Å². The van der Waals surface area contributed by atoms with Gasteiger partial charge in [-0.05, 0) is 56.0 Å². The molecule has 0 aliphatic heterocycles. The van der Waals surface area contributed by atoms with Crippen LogP contribution in [-0.4, -0.2) is 19.6 Å². The third kappa shape index (κ3) is 3.22. The highest BCUT2D eigenvalue weighted by molar-refractivity contribution is 5.49. The van der Waals surface area contributed by atoms with Crippen molar-refractivity contribution in [3.8, 4) is 0 Å². The molecular weight excluding hydrogens is 227 g/mol. The van der Waals surface area contributed by atoms with Crippen LogP contribution in [0, 0.1) is 5.82 Å². The summed E-state index contributed by atoms with van der Waals surface area (Å²) in [4.78, 5) is 2.22. The fourth-order valence-corrected chi connectivity index (χ4v) is 2.33. The second kappa shape index (κ2) is 6.19. The SMILES string of the molecule is CCCNCc1cc(F)cc(N(C)C2CCC2)c1. The minimum absolute atomic E-state index is 0.132. The number of nitrogens with one attached hydrogen (secondary N) is 1. The quantitative estimate of drug-likeness (QED) is 0.779. The molecule has 3 heteroatoms. The van der Waals surface area contributed by atoms with Crippen LogP contribution in [0.5, 0.6) is 0 Å². The maximum Gasteiger partial charge on any atom is 0.125 e. The van der Waals surface area contributed by atoms with Crippen LogP contribution in [0.25, 0.3) is 0 Å². The Bertz CT molecular complexity index is 388. The average molecular weight is 250 g/mol. The number of rotatable bonds is 6. The Morgan fingerprint density at radius 2 is 2.11 bits per heavy atom. The lowest BCUT2D eigenvalue weighted by Gasteiger charge is -2.36. The largest absolute Gasteiger partial charge is 0.372 e. The monoisotopic (exact) mass is 250 g/mol. The molecule has 0 spiro atoms. The van der Waals surface area contributed by atoms with Crippen molar-refractivity contribution in [2.75, 3.05) is 18.5 Å². The Kier molecular flexibility index (Phi) is 4.59. The maximum atomic E-state index is 13.6. The number of hydrogen-bond donors (Lipinski definition) is 1. The van der Waals surface area contributed by atoms with Gasteiger partial charge in [0.1, 0.15) is 5.82 Å². The highest BCUT2D eigenvalue weighted by Crippen LogP contribution is 2.29. The average Bonchev–Trinajstić information content (AvgIpc) is 2.26. The molecule has 1 saturated carbocycles. The predicted octanol–water partition coefficient (Wildman–Crippen LogP) is 3.31. The zero-order valence-electron chi connectivity index (χ0n) is 11.4. The molecule has 18 heavy (non-hydrogen) atoms. The summed E-state index contributed by atoms with van der Waals surface area (Å²) in [5.74, 6) is -0.132. The first-order valence-electron chi connectivity index (χ1n) is 6.93. The van der Waals surface area contributed by atoms with Gasteiger partial charge in [-0.3, -0.25) is 0 Å². The van der Waals surface area contributed by atoms with Gasteiger partial charge in [-0.25, -0.2) is 4.39 Å². The molecule has 0 aromatic heterocycles. The van der Waals surface area contributed by atoms with Gasteiger partial charge >= 0.3 is 0 Å². The smallest absolute Gasteiger partial charge is 0.125 e. The van der Waals surface area contributed by atoms with Crippen LogP contribution in [0.15, 0.2) is 18.2 Å². The standard InChI is InChI=1S/C15H23FN2/c1-3-7-17-11-12-8-13(16)10-15(9-12)18(2)14-5-4-6-14/h8-10,14,17H,3-7,11H2,1-2H3. The predicted molar refractivity (Wildman–Crippen MR) is 74.4 cm³/mol. The lowest BCUT2D eigenvalue weighted by molar-refractivity contribution is 0.401. The lowest BCUT2D eigenvalue weighted by atomic mass is 9.91. The molecule has 1 aliphatic rings. The molecule has 0 amide bonds. The number of benzene rings is 1. The van der Waals surface area contributed by atoms with E-state index in [1.165, 1.54) is 19.3 Å². The van der Waals surface area contributed by atoms with Crippen molar-refractivity contribution in [2.45, 2.75) is 45.2 Å². The second-order valence-corrected chi connectivity index (χ2v) is 5.19. The molecule has 1 fully saturated rings. The lowest BCUT2D eigenvalue weighted by Crippen LogP contribution is -2.37. The van der Waals surface area contributed by atoms with Gasteiger partial charge < -0.3 is 10.2 Å². The summed E-state index contributed by atoms with van der Waals surface area (Å²) in [6, 6.07) is 5.97. The van der Waals surface area contributed by atoms with Crippen molar-refractivity contribution in [3.63, 3.8) is 0 Å². The van der Waals surface area contributed by atoms with E-state index in [4.69, 9.17) is 0 Å². The Labute approximate surface area is 109 Å². The van der Waals surface area contributed by atoms with E-state index in [0.717, 1.165) is 30.8 Å². The molecular formula is C15H23FN2. The maximum absolute atomic E-state index is 13.6. The summed E-state index contributed by atoms with van der Waals surface area (Å²) < 4.78 is 13.6. The van der Waals surface area contributed by atoms with E-state index in [2.05, 4.69) is 30.3 Å². The fourth-order valence-electron chi connectivity index (χ4n) is 2.33. The molecule has 1 aliphatic carbocycles. The minimum Gasteiger partial charge on any atom is -0.372 e. The molecule has 0 atom stereocenters. The van der Waals surface area contributed by atoms with Crippen molar-refractivity contribution < 1.29 is 4.39 Å². The Balaban J connectivity index is 2.05. The highest BCUT2D eigenvalue weighted by atomic mass is 19.1. The summed E-state index contributed by atoms with van der Waals surface area (Å²) >= 11 is 0. The van der Waals surface area contributed by atoms with Gasteiger partial charge in [0.05, 0.1) is 0 Å². The van der Waals surface area contributed by atoms with Crippen LogP contribution >= 0.6 is 0 Å². The van der Waals surface area contributed by atoms with E-state index in [1.807, 2.05) is 0 Å². The van der Waals surface area contributed by atoms with Crippen LogP contribution in [0.1, 0.15) is 38.2 Å². The number of anilines is 1. The first kappa shape index (κ1) is 13.3. The van der Waals surface area contributed by atoms with Crippen LogP contribution in [0.4, 0.5) is 10.1 Å². The Hall–Kier alpha value is -1.09. The first-order valence-corrected chi connectivity index (χ1v) is 6.93. The summed E-state index contributed by atoms with van der Waals surface area (Å²) in [6.45, 7) is 3.86. The van der Waals surface area contributed by atoms with Crippen LogP contribution in [0.2, 0.25) is 0 Å². The number of halogens is 1. The zero-order chi connectivity index (χ0) is 13.0. The summed E-state index contributed by atoms with van der Waals surface area (Å²) in [7, 11) is 2.07. The summed E-state index contributed by atoms with van der Waals surface area (Å²) in [5.41, 5.74) is 2.04. The van der Waals surface area contributed by atoms with E-state index in [9.17, 15) is 4.39 Å². The Morgan fingerprint density at radius 1 is 1.33 bits per heavy atom. The molecule has 1 N–H and O–H groups in total. The van der Waals surface area contributed by atoms with Crippen molar-refractivity contribution in [3.05, 3.63) is 29.6 Å². The first-order chi connectivity index (χ1) is 8.70. The second-order valence-electron chi connectivity index (χ2n) is 5.19. The molecule has 0 heterocycles. The topological polar surface area (TPSA) is 15.3 Å². The molecule has 1 aromatic rings. The van der Waals surface area contributed by atoms with E-state index in [-0.39, 0.29) is 5.82 Å². The normalized spacial score (nSPS) is 15.5. The summed E-state index contributed by atoms with van der Waals surface area (Å²) in [6.07, 6.45) is 4.87. The molecule has 0 unspecified atom stereocenters. The Morgan fingerprint density at radius 3 is 2.72 bits per heavy atom. The molecule has 0 bridgehead atoms. The number of nitrogens with zero attached hydrogens (tertiary/aromatic N) is 1. The molecule has 2 rings (SSSR count). The minimum atomic E-state index is -0.132. The third-order valence-electron chi connectivity index (χ3n) is 3.73. The van der Waals surface area contributed by atoms with Crippen molar-refractivity contribution in [1.29, 1.82) is 0 Å². The zero-order valence-corrected chi connectivity index (χ0v) is 11.4. The van der Waals surface area contributed by atoms with E-state index >= 15 is 0 Å². The summed E-state index contributed by atoms with van der Waals surface area (Å²) in [5, 5.41) is 3.32.